The van der Waals surface area contributed by atoms with Gasteiger partial charge >= 0.3 is 0 Å². The number of carbonyl (C=O) groups excluding carboxylic acids is 1. The van der Waals surface area contributed by atoms with Gasteiger partial charge in [0.2, 0.25) is 15.9 Å². The van der Waals surface area contributed by atoms with Crippen molar-refractivity contribution in [3.05, 3.63) is 63.6 Å². The SMILES string of the molecule is O=C(CCNS(=O)(=O)c1ccc(Br)cc1)NCCc1ccccc1Cl. The van der Waals surface area contributed by atoms with Gasteiger partial charge in [-0.3, -0.25) is 4.79 Å². The van der Waals surface area contributed by atoms with Crippen LogP contribution < -0.4 is 10.0 Å². The predicted molar refractivity (Wildman–Crippen MR) is 102 cm³/mol. The second-order valence-corrected chi connectivity index (χ2v) is 8.38. The number of carbonyl (C=O) groups is 1. The normalized spacial score (nSPS) is 11.3. The molecule has 0 aliphatic rings. The van der Waals surface area contributed by atoms with E-state index in [1.165, 1.54) is 12.1 Å². The van der Waals surface area contributed by atoms with Crippen LogP contribution >= 0.6 is 27.5 Å². The molecule has 0 atom stereocenters. The lowest BCUT2D eigenvalue weighted by molar-refractivity contribution is -0.120. The van der Waals surface area contributed by atoms with Crippen molar-refractivity contribution < 1.29 is 13.2 Å². The zero-order valence-electron chi connectivity index (χ0n) is 13.3. The van der Waals surface area contributed by atoms with Crippen LogP contribution in [-0.2, 0) is 21.2 Å². The third kappa shape index (κ3) is 6.43. The van der Waals surface area contributed by atoms with Crippen molar-refractivity contribution in [3.63, 3.8) is 0 Å². The topological polar surface area (TPSA) is 75.3 Å². The van der Waals surface area contributed by atoms with Gasteiger partial charge in [-0.2, -0.15) is 0 Å². The Morgan fingerprint density at radius 2 is 1.72 bits per heavy atom. The van der Waals surface area contributed by atoms with E-state index in [-0.39, 0.29) is 23.8 Å². The van der Waals surface area contributed by atoms with Gasteiger partial charge in [-0.1, -0.05) is 45.7 Å². The van der Waals surface area contributed by atoms with Gasteiger partial charge in [-0.15, -0.1) is 0 Å². The van der Waals surface area contributed by atoms with Gasteiger partial charge in [0, 0.05) is 29.0 Å². The second kappa shape index (κ2) is 9.33. The van der Waals surface area contributed by atoms with Crippen molar-refractivity contribution in [1.82, 2.24) is 10.0 Å². The summed E-state index contributed by atoms with van der Waals surface area (Å²) in [6, 6.07) is 13.7. The Bertz CT molecular complexity index is 826. The fourth-order valence-corrected chi connectivity index (χ4v) is 3.65. The van der Waals surface area contributed by atoms with Gasteiger partial charge in [-0.05, 0) is 42.3 Å². The van der Waals surface area contributed by atoms with Crippen LogP contribution in [0.2, 0.25) is 5.02 Å². The molecule has 134 valence electrons. The van der Waals surface area contributed by atoms with Crippen molar-refractivity contribution in [2.75, 3.05) is 13.1 Å². The van der Waals surface area contributed by atoms with Crippen LogP contribution in [-0.4, -0.2) is 27.4 Å². The van der Waals surface area contributed by atoms with E-state index in [0.29, 0.717) is 18.0 Å². The first-order valence-corrected chi connectivity index (χ1v) is 10.3. The van der Waals surface area contributed by atoms with Crippen LogP contribution in [0.1, 0.15) is 12.0 Å². The first kappa shape index (κ1) is 19.9. The lowest BCUT2D eigenvalue weighted by Gasteiger charge is -2.08. The van der Waals surface area contributed by atoms with Gasteiger partial charge in [0.1, 0.15) is 0 Å². The Labute approximate surface area is 161 Å². The molecule has 2 aromatic carbocycles. The number of rotatable bonds is 8. The van der Waals surface area contributed by atoms with Gasteiger partial charge in [-0.25, -0.2) is 13.1 Å². The highest BCUT2D eigenvalue weighted by atomic mass is 79.9. The molecule has 0 aliphatic heterocycles. The standard InChI is InChI=1S/C17H18BrClN2O3S/c18-14-5-7-15(8-6-14)25(23,24)21-12-10-17(22)20-11-9-13-3-1-2-4-16(13)19/h1-8,21H,9-12H2,(H,20,22). The Balaban J connectivity index is 1.73. The molecule has 0 aliphatic carbocycles. The van der Waals surface area contributed by atoms with Crippen molar-refractivity contribution >= 4 is 43.5 Å². The van der Waals surface area contributed by atoms with E-state index >= 15 is 0 Å². The summed E-state index contributed by atoms with van der Waals surface area (Å²) in [5.41, 5.74) is 0.959. The molecule has 8 heteroatoms. The first-order valence-electron chi connectivity index (χ1n) is 7.64. The van der Waals surface area contributed by atoms with E-state index < -0.39 is 10.0 Å². The first-order chi connectivity index (χ1) is 11.9. The minimum absolute atomic E-state index is 0.0380. The lowest BCUT2D eigenvalue weighted by atomic mass is 10.1. The van der Waals surface area contributed by atoms with E-state index in [1.807, 2.05) is 18.2 Å². The van der Waals surface area contributed by atoms with Crippen molar-refractivity contribution in [3.8, 4) is 0 Å². The molecular formula is C17H18BrClN2O3S. The largest absolute Gasteiger partial charge is 0.356 e. The molecule has 2 aromatic rings. The summed E-state index contributed by atoms with van der Waals surface area (Å²) in [5.74, 6) is -0.217. The van der Waals surface area contributed by atoms with Crippen molar-refractivity contribution in [2.45, 2.75) is 17.7 Å². The third-order valence-electron chi connectivity index (χ3n) is 3.44. The van der Waals surface area contributed by atoms with E-state index in [9.17, 15) is 13.2 Å². The van der Waals surface area contributed by atoms with Gasteiger partial charge in [0.05, 0.1) is 4.90 Å². The number of hydrogen-bond acceptors (Lipinski definition) is 3. The summed E-state index contributed by atoms with van der Waals surface area (Å²) < 4.78 is 27.4. The van der Waals surface area contributed by atoms with E-state index in [1.54, 1.807) is 18.2 Å². The molecule has 25 heavy (non-hydrogen) atoms. The van der Waals surface area contributed by atoms with Crippen LogP contribution in [0.15, 0.2) is 57.9 Å². The molecule has 5 nitrogen and oxygen atoms in total. The zero-order valence-corrected chi connectivity index (χ0v) is 16.5. The highest BCUT2D eigenvalue weighted by Crippen LogP contribution is 2.15. The molecule has 0 saturated heterocycles. The average molecular weight is 446 g/mol. The van der Waals surface area contributed by atoms with Crippen LogP contribution in [0.3, 0.4) is 0 Å². The molecule has 0 heterocycles. The van der Waals surface area contributed by atoms with E-state index in [4.69, 9.17) is 11.6 Å². The maximum absolute atomic E-state index is 12.1. The number of amides is 1. The molecular weight excluding hydrogens is 428 g/mol. The fraction of sp³-hybridized carbons (Fsp3) is 0.235. The molecule has 0 bridgehead atoms. The summed E-state index contributed by atoms with van der Waals surface area (Å²) in [4.78, 5) is 12.0. The zero-order chi connectivity index (χ0) is 18.3. The van der Waals surface area contributed by atoms with E-state index in [2.05, 4.69) is 26.0 Å². The van der Waals surface area contributed by atoms with Crippen LogP contribution in [0, 0.1) is 0 Å². The molecule has 0 aromatic heterocycles. The Morgan fingerprint density at radius 3 is 2.40 bits per heavy atom. The summed E-state index contributed by atoms with van der Waals surface area (Å²) in [7, 11) is -3.61. The summed E-state index contributed by atoms with van der Waals surface area (Å²) in [6.45, 7) is 0.484. The number of benzene rings is 2. The van der Waals surface area contributed by atoms with Crippen LogP contribution in [0.5, 0.6) is 0 Å². The molecule has 0 fully saturated rings. The molecule has 0 spiro atoms. The lowest BCUT2D eigenvalue weighted by Crippen LogP contribution is -2.31. The molecule has 0 radical (unpaired) electrons. The molecule has 0 saturated carbocycles. The third-order valence-corrected chi connectivity index (χ3v) is 5.82. The maximum Gasteiger partial charge on any atom is 0.240 e. The summed E-state index contributed by atoms with van der Waals surface area (Å²) in [5, 5.41) is 3.42. The smallest absolute Gasteiger partial charge is 0.240 e. The number of halogens is 2. The van der Waals surface area contributed by atoms with Gasteiger partial charge < -0.3 is 5.32 Å². The van der Waals surface area contributed by atoms with Crippen LogP contribution in [0.25, 0.3) is 0 Å². The molecule has 0 unspecified atom stereocenters. The second-order valence-electron chi connectivity index (χ2n) is 5.29. The maximum atomic E-state index is 12.1. The minimum atomic E-state index is -3.61. The predicted octanol–water partition coefficient (Wildman–Crippen LogP) is 3.13. The number of nitrogens with one attached hydrogen (secondary N) is 2. The Hall–Kier alpha value is -1.41. The molecule has 1 amide bonds. The highest BCUT2D eigenvalue weighted by molar-refractivity contribution is 9.10. The molecule has 2 N–H and O–H groups in total. The number of sulfonamides is 1. The van der Waals surface area contributed by atoms with Crippen LogP contribution in [0.4, 0.5) is 0 Å². The number of hydrogen-bond donors (Lipinski definition) is 2. The Morgan fingerprint density at radius 1 is 1.04 bits per heavy atom. The van der Waals surface area contributed by atoms with Crippen molar-refractivity contribution in [1.29, 1.82) is 0 Å². The minimum Gasteiger partial charge on any atom is -0.356 e. The van der Waals surface area contributed by atoms with Crippen molar-refractivity contribution in [2.24, 2.45) is 0 Å². The Kier molecular flexibility index (Phi) is 7.43. The molecule has 2 rings (SSSR count). The fourth-order valence-electron chi connectivity index (χ4n) is 2.12. The van der Waals surface area contributed by atoms with E-state index in [0.717, 1.165) is 10.0 Å². The summed E-state index contributed by atoms with van der Waals surface area (Å²) >= 11 is 9.30. The van der Waals surface area contributed by atoms with Gasteiger partial charge in [0.15, 0.2) is 0 Å². The average Bonchev–Trinajstić information content (AvgIpc) is 2.57. The summed E-state index contributed by atoms with van der Waals surface area (Å²) in [6.07, 6.45) is 0.689. The van der Waals surface area contributed by atoms with Gasteiger partial charge in [0.25, 0.3) is 0 Å². The monoisotopic (exact) mass is 444 g/mol. The quantitative estimate of drug-likeness (QED) is 0.655. The highest BCUT2D eigenvalue weighted by Gasteiger charge is 2.13.